The third kappa shape index (κ3) is 7.32. The lowest BCUT2D eigenvalue weighted by atomic mass is 10.3. The summed E-state index contributed by atoms with van der Waals surface area (Å²) in [5.41, 5.74) is 0. The highest BCUT2D eigenvalue weighted by Gasteiger charge is 2.05. The molecule has 0 aliphatic rings. The molecule has 7 heteroatoms. The average molecular weight is 347 g/mol. The van der Waals surface area contributed by atoms with Gasteiger partial charge in [0.25, 0.3) is 0 Å². The summed E-state index contributed by atoms with van der Waals surface area (Å²) < 4.78 is 5.48. The molecular formula is C14H16Cl2N2O2S. The second-order valence-electron chi connectivity index (χ2n) is 4.07. The van der Waals surface area contributed by atoms with Crippen molar-refractivity contribution >= 4 is 46.4 Å². The summed E-state index contributed by atoms with van der Waals surface area (Å²) in [5.74, 6) is 0.381. The molecule has 4 nitrogen and oxygen atoms in total. The topological polar surface area (TPSA) is 50.4 Å². The second kappa shape index (κ2) is 9.60. The predicted molar refractivity (Wildman–Crippen MR) is 90.1 cm³/mol. The van der Waals surface area contributed by atoms with Gasteiger partial charge in [0.2, 0.25) is 5.91 Å². The predicted octanol–water partition coefficient (Wildman–Crippen LogP) is 3.33. The summed E-state index contributed by atoms with van der Waals surface area (Å²) in [7, 11) is 0. The molecule has 1 amide bonds. The SMILES string of the molecule is C=CCNC(=S)NC(=O)CCCOc1ccc(Cl)cc1Cl. The minimum Gasteiger partial charge on any atom is -0.492 e. The first-order chi connectivity index (χ1) is 10.0. The number of benzene rings is 1. The van der Waals surface area contributed by atoms with E-state index in [4.69, 9.17) is 40.2 Å². The Hall–Kier alpha value is -1.30. The molecule has 2 N–H and O–H groups in total. The highest BCUT2D eigenvalue weighted by Crippen LogP contribution is 2.27. The van der Waals surface area contributed by atoms with Crippen molar-refractivity contribution in [3.8, 4) is 5.75 Å². The van der Waals surface area contributed by atoms with Gasteiger partial charge < -0.3 is 15.4 Å². The van der Waals surface area contributed by atoms with Crippen LogP contribution in [-0.2, 0) is 4.79 Å². The van der Waals surface area contributed by atoms with E-state index in [0.717, 1.165) is 0 Å². The minimum absolute atomic E-state index is 0.164. The fourth-order valence-electron chi connectivity index (χ4n) is 1.41. The fourth-order valence-corrected chi connectivity index (χ4v) is 2.07. The van der Waals surface area contributed by atoms with Crippen molar-refractivity contribution < 1.29 is 9.53 Å². The largest absolute Gasteiger partial charge is 0.492 e. The van der Waals surface area contributed by atoms with Gasteiger partial charge >= 0.3 is 0 Å². The summed E-state index contributed by atoms with van der Waals surface area (Å²) in [4.78, 5) is 11.6. The van der Waals surface area contributed by atoms with Crippen molar-refractivity contribution in [2.75, 3.05) is 13.2 Å². The average Bonchev–Trinajstić information content (AvgIpc) is 2.43. The molecule has 0 heterocycles. The van der Waals surface area contributed by atoms with E-state index in [1.54, 1.807) is 24.3 Å². The first kappa shape index (κ1) is 17.8. The molecule has 21 heavy (non-hydrogen) atoms. The molecule has 0 unspecified atom stereocenters. The Balaban J connectivity index is 2.23. The number of amides is 1. The standard InChI is InChI=1S/C14H16Cl2N2O2S/c1-2-7-17-14(21)18-13(19)4-3-8-20-12-6-5-10(15)9-11(12)16/h2,5-6,9H,1,3-4,7-8H2,(H2,17,18,19,21). The van der Waals surface area contributed by atoms with Crippen LogP contribution in [0.5, 0.6) is 5.75 Å². The van der Waals surface area contributed by atoms with Crippen molar-refractivity contribution in [3.63, 3.8) is 0 Å². The maximum atomic E-state index is 11.6. The molecule has 1 rings (SSSR count). The molecule has 0 atom stereocenters. The van der Waals surface area contributed by atoms with Crippen LogP contribution in [0.2, 0.25) is 10.0 Å². The van der Waals surface area contributed by atoms with Crippen LogP contribution in [0.3, 0.4) is 0 Å². The third-order valence-electron chi connectivity index (χ3n) is 2.36. The Bertz CT molecular complexity index is 524. The number of carbonyl (C=O) groups is 1. The zero-order valence-electron chi connectivity index (χ0n) is 11.3. The van der Waals surface area contributed by atoms with Crippen LogP contribution in [0.25, 0.3) is 0 Å². The zero-order valence-corrected chi connectivity index (χ0v) is 13.7. The van der Waals surface area contributed by atoms with Crippen molar-refractivity contribution in [1.29, 1.82) is 0 Å². The van der Waals surface area contributed by atoms with Gasteiger partial charge in [0, 0.05) is 18.0 Å². The molecule has 0 spiro atoms. The van der Waals surface area contributed by atoms with E-state index >= 15 is 0 Å². The first-order valence-corrected chi connectivity index (χ1v) is 7.45. The number of nitrogens with one attached hydrogen (secondary N) is 2. The molecule has 1 aromatic rings. The Morgan fingerprint density at radius 1 is 1.43 bits per heavy atom. The lowest BCUT2D eigenvalue weighted by Crippen LogP contribution is -2.39. The summed E-state index contributed by atoms with van der Waals surface area (Å²) in [5, 5.41) is 6.67. The molecule has 0 fully saturated rings. The molecule has 0 saturated heterocycles. The normalized spacial score (nSPS) is 9.81. The van der Waals surface area contributed by atoms with E-state index in [9.17, 15) is 4.79 Å². The molecule has 0 aromatic heterocycles. The van der Waals surface area contributed by atoms with Gasteiger partial charge in [-0.15, -0.1) is 6.58 Å². The number of hydrogen-bond donors (Lipinski definition) is 2. The lowest BCUT2D eigenvalue weighted by molar-refractivity contribution is -0.119. The highest BCUT2D eigenvalue weighted by molar-refractivity contribution is 7.80. The maximum absolute atomic E-state index is 11.6. The highest BCUT2D eigenvalue weighted by atomic mass is 35.5. The lowest BCUT2D eigenvalue weighted by Gasteiger charge is -2.09. The Labute approximate surface area is 139 Å². The van der Waals surface area contributed by atoms with E-state index in [1.807, 2.05) is 0 Å². The molecule has 114 valence electrons. The molecule has 0 saturated carbocycles. The van der Waals surface area contributed by atoms with E-state index in [1.165, 1.54) is 0 Å². The summed E-state index contributed by atoms with van der Waals surface area (Å²) >= 11 is 16.7. The zero-order chi connectivity index (χ0) is 15.7. The molecule has 0 radical (unpaired) electrons. The van der Waals surface area contributed by atoms with E-state index in [2.05, 4.69) is 17.2 Å². The Kier molecular flexibility index (Phi) is 8.12. The monoisotopic (exact) mass is 346 g/mol. The number of thiocarbonyl (C=S) groups is 1. The van der Waals surface area contributed by atoms with Crippen molar-refractivity contribution in [2.45, 2.75) is 12.8 Å². The summed E-state index contributed by atoms with van der Waals surface area (Å²) in [6.07, 6.45) is 2.51. The van der Waals surface area contributed by atoms with Crippen LogP contribution < -0.4 is 15.4 Å². The number of halogens is 2. The Morgan fingerprint density at radius 3 is 2.86 bits per heavy atom. The second-order valence-corrected chi connectivity index (χ2v) is 5.33. The van der Waals surface area contributed by atoms with E-state index in [0.29, 0.717) is 46.9 Å². The first-order valence-electron chi connectivity index (χ1n) is 6.29. The van der Waals surface area contributed by atoms with Gasteiger partial charge in [0.05, 0.1) is 11.6 Å². The van der Waals surface area contributed by atoms with Gasteiger partial charge in [0.15, 0.2) is 5.11 Å². The fraction of sp³-hybridized carbons (Fsp3) is 0.286. The van der Waals surface area contributed by atoms with Gasteiger partial charge in [-0.25, -0.2) is 0 Å². The van der Waals surface area contributed by atoms with Crippen LogP contribution in [0.1, 0.15) is 12.8 Å². The van der Waals surface area contributed by atoms with Crippen LogP contribution in [-0.4, -0.2) is 24.2 Å². The van der Waals surface area contributed by atoms with Crippen molar-refractivity contribution in [1.82, 2.24) is 10.6 Å². The van der Waals surface area contributed by atoms with Crippen LogP contribution >= 0.6 is 35.4 Å². The molecule has 0 aliphatic heterocycles. The van der Waals surface area contributed by atoms with E-state index < -0.39 is 0 Å². The number of ether oxygens (including phenoxy) is 1. The number of carbonyl (C=O) groups excluding carboxylic acids is 1. The third-order valence-corrected chi connectivity index (χ3v) is 3.14. The summed E-state index contributed by atoms with van der Waals surface area (Å²) in [6, 6.07) is 4.99. The van der Waals surface area contributed by atoms with E-state index in [-0.39, 0.29) is 5.91 Å². The smallest absolute Gasteiger partial charge is 0.226 e. The Morgan fingerprint density at radius 2 is 2.19 bits per heavy atom. The number of rotatable bonds is 7. The molecule has 0 aliphatic carbocycles. The van der Waals surface area contributed by atoms with Gasteiger partial charge in [-0.1, -0.05) is 29.3 Å². The van der Waals surface area contributed by atoms with Gasteiger partial charge in [-0.3, -0.25) is 4.79 Å². The molecular weight excluding hydrogens is 331 g/mol. The van der Waals surface area contributed by atoms with Crippen molar-refractivity contribution in [3.05, 3.63) is 40.9 Å². The van der Waals surface area contributed by atoms with Crippen molar-refractivity contribution in [2.24, 2.45) is 0 Å². The van der Waals surface area contributed by atoms with Crippen LogP contribution in [0.15, 0.2) is 30.9 Å². The molecule has 1 aromatic carbocycles. The van der Waals surface area contributed by atoms with Gasteiger partial charge in [-0.2, -0.15) is 0 Å². The molecule has 0 bridgehead atoms. The number of hydrogen-bond acceptors (Lipinski definition) is 3. The van der Waals surface area contributed by atoms with Gasteiger partial charge in [0.1, 0.15) is 5.75 Å². The van der Waals surface area contributed by atoms with Crippen LogP contribution in [0, 0.1) is 0 Å². The maximum Gasteiger partial charge on any atom is 0.226 e. The van der Waals surface area contributed by atoms with Gasteiger partial charge in [-0.05, 0) is 36.8 Å². The quantitative estimate of drug-likeness (QED) is 0.451. The minimum atomic E-state index is -0.164. The van der Waals surface area contributed by atoms with Crippen LogP contribution in [0.4, 0.5) is 0 Å². The summed E-state index contributed by atoms with van der Waals surface area (Å²) in [6.45, 7) is 4.43.